The summed E-state index contributed by atoms with van der Waals surface area (Å²) >= 11 is 0. The summed E-state index contributed by atoms with van der Waals surface area (Å²) in [6, 6.07) is 7.23. The Morgan fingerprint density at radius 1 is 1.16 bits per heavy atom. The van der Waals surface area contributed by atoms with Crippen molar-refractivity contribution in [2.45, 2.75) is 25.3 Å². The highest BCUT2D eigenvalue weighted by Gasteiger charge is 2.45. The van der Waals surface area contributed by atoms with Gasteiger partial charge in [-0.2, -0.15) is 0 Å². The number of methoxy groups -OCH3 is 1. The molecule has 1 amide bonds. The van der Waals surface area contributed by atoms with Gasteiger partial charge in [0.1, 0.15) is 17.0 Å². The number of allylic oxidation sites excluding steroid dienone is 1. The fourth-order valence-corrected chi connectivity index (χ4v) is 4.51. The number of aromatic nitrogens is 3. The van der Waals surface area contributed by atoms with E-state index in [0.717, 1.165) is 12.0 Å². The van der Waals surface area contributed by atoms with E-state index >= 15 is 0 Å². The minimum Gasteiger partial charge on any atom is -0.480 e. The molecule has 11 nitrogen and oxygen atoms in total. The summed E-state index contributed by atoms with van der Waals surface area (Å²) in [5, 5.41) is 12.8. The van der Waals surface area contributed by atoms with Crippen LogP contribution in [-0.4, -0.2) is 52.3 Å². The molecule has 0 radical (unpaired) electrons. The molecule has 2 aliphatic heterocycles. The summed E-state index contributed by atoms with van der Waals surface area (Å²) in [5.41, 5.74) is 8.58. The van der Waals surface area contributed by atoms with Gasteiger partial charge in [-0.15, -0.1) is 0 Å². The number of fused-ring (bicyclic) bond motifs is 4. The molecule has 0 unspecified atom stereocenters. The van der Waals surface area contributed by atoms with Crippen LogP contribution in [0.2, 0.25) is 0 Å². The molecular formula is C26H26N6O5. The number of anilines is 1. The van der Waals surface area contributed by atoms with Crippen molar-refractivity contribution in [3.8, 4) is 17.4 Å². The van der Waals surface area contributed by atoms with Gasteiger partial charge >= 0.3 is 0 Å². The van der Waals surface area contributed by atoms with E-state index in [2.05, 4.69) is 20.3 Å². The second-order valence-corrected chi connectivity index (χ2v) is 8.48. The predicted octanol–water partition coefficient (Wildman–Crippen LogP) is 3.00. The van der Waals surface area contributed by atoms with E-state index in [1.165, 1.54) is 19.5 Å². The lowest BCUT2D eigenvalue weighted by molar-refractivity contribution is 0.102. The Labute approximate surface area is 213 Å². The first kappa shape index (κ1) is 24.2. The molecule has 37 heavy (non-hydrogen) atoms. The minimum atomic E-state index is -0.934. The highest BCUT2D eigenvalue weighted by Crippen LogP contribution is 2.52. The molecule has 190 valence electrons. The van der Waals surface area contributed by atoms with Crippen LogP contribution in [0.3, 0.4) is 0 Å². The Balaban J connectivity index is 1.57. The lowest BCUT2D eigenvalue weighted by atomic mass is 9.77. The van der Waals surface area contributed by atoms with Crippen molar-refractivity contribution in [2.75, 3.05) is 25.6 Å². The van der Waals surface area contributed by atoms with Crippen molar-refractivity contribution >= 4 is 23.2 Å². The van der Waals surface area contributed by atoms with Crippen molar-refractivity contribution < 1.29 is 24.1 Å². The van der Waals surface area contributed by atoms with E-state index in [1.54, 1.807) is 18.3 Å². The Hall–Kier alpha value is -4.51. The molecule has 1 aromatic carbocycles. The number of rotatable bonds is 6. The average molecular weight is 503 g/mol. The number of nitrogens with one attached hydrogen (secondary N) is 1. The molecule has 2 aliphatic rings. The molecule has 0 saturated carbocycles. The standard InChI is InChI=1S/C26H26N6O5/c1-3-4-15(14-33)19-10-18-22(12-28-19)37-21-6-5-16(9-17(21)26(18)7-8-36-25(27)32-26)31-24(34)20-11-30-23(35-2)13-29-20/h4-6,9-13,33H,3,7-8,14H2,1-2H3,(H2,27,32)(H,31,34)/b15-4+/t26-/m0/s1. The van der Waals surface area contributed by atoms with E-state index in [1.807, 2.05) is 25.1 Å². The number of carbonyl (C=O) groups is 1. The van der Waals surface area contributed by atoms with Crippen LogP contribution in [0.25, 0.3) is 5.57 Å². The average Bonchev–Trinajstić information content (AvgIpc) is 2.92. The zero-order valence-electron chi connectivity index (χ0n) is 20.4. The largest absolute Gasteiger partial charge is 0.480 e. The first-order valence-electron chi connectivity index (χ1n) is 11.8. The van der Waals surface area contributed by atoms with Gasteiger partial charge in [0.25, 0.3) is 11.9 Å². The zero-order chi connectivity index (χ0) is 26.0. The monoisotopic (exact) mass is 502 g/mol. The van der Waals surface area contributed by atoms with E-state index < -0.39 is 11.4 Å². The Bertz CT molecular complexity index is 1410. The van der Waals surface area contributed by atoms with E-state index in [9.17, 15) is 9.90 Å². The number of amides is 1. The van der Waals surface area contributed by atoms with Gasteiger partial charge in [0.15, 0.2) is 5.75 Å². The summed E-state index contributed by atoms with van der Waals surface area (Å²) in [6.07, 6.45) is 7.51. The number of amidine groups is 1. The van der Waals surface area contributed by atoms with Gasteiger partial charge in [0, 0.05) is 23.2 Å². The summed E-state index contributed by atoms with van der Waals surface area (Å²) in [4.78, 5) is 30.2. The maximum Gasteiger partial charge on any atom is 0.283 e. The number of nitrogens with two attached hydrogens (primary N) is 1. The second kappa shape index (κ2) is 9.86. The summed E-state index contributed by atoms with van der Waals surface area (Å²) in [5.74, 6) is 0.980. The van der Waals surface area contributed by atoms with Crippen LogP contribution in [0.15, 0.2) is 53.9 Å². The summed E-state index contributed by atoms with van der Waals surface area (Å²) in [6.45, 7) is 2.18. The van der Waals surface area contributed by atoms with Crippen LogP contribution >= 0.6 is 0 Å². The van der Waals surface area contributed by atoms with Crippen LogP contribution < -0.4 is 20.5 Å². The van der Waals surface area contributed by atoms with Crippen molar-refractivity contribution in [1.82, 2.24) is 15.0 Å². The normalized spacial score (nSPS) is 18.1. The maximum absolute atomic E-state index is 12.8. The second-order valence-electron chi connectivity index (χ2n) is 8.48. The van der Waals surface area contributed by atoms with Gasteiger partial charge in [-0.25, -0.2) is 15.0 Å². The van der Waals surface area contributed by atoms with Gasteiger partial charge in [-0.05, 0) is 36.3 Å². The Morgan fingerprint density at radius 3 is 2.68 bits per heavy atom. The number of carbonyl (C=O) groups excluding carboxylic acids is 1. The van der Waals surface area contributed by atoms with Gasteiger partial charge in [0.2, 0.25) is 5.88 Å². The maximum atomic E-state index is 12.8. The Kier molecular flexibility index (Phi) is 6.45. The third kappa shape index (κ3) is 4.45. The zero-order valence-corrected chi connectivity index (χ0v) is 20.4. The predicted molar refractivity (Wildman–Crippen MR) is 136 cm³/mol. The highest BCUT2D eigenvalue weighted by molar-refractivity contribution is 6.02. The summed E-state index contributed by atoms with van der Waals surface area (Å²) < 4.78 is 16.7. The molecule has 4 heterocycles. The molecule has 2 aromatic heterocycles. The molecule has 4 N–H and O–H groups in total. The molecule has 5 rings (SSSR count). The van der Waals surface area contributed by atoms with E-state index in [0.29, 0.717) is 52.9 Å². The van der Waals surface area contributed by atoms with Crippen molar-refractivity contribution in [1.29, 1.82) is 0 Å². The molecule has 3 aromatic rings. The number of nitrogens with zero attached hydrogens (tertiary/aromatic N) is 4. The van der Waals surface area contributed by atoms with Crippen LogP contribution in [0.5, 0.6) is 17.4 Å². The first-order chi connectivity index (χ1) is 18.0. The number of aliphatic imine (C=N–C) groups is 1. The lowest BCUT2D eigenvalue weighted by Gasteiger charge is -2.39. The number of ether oxygens (including phenoxy) is 3. The molecule has 1 atom stereocenters. The molecule has 0 bridgehead atoms. The third-order valence-corrected chi connectivity index (χ3v) is 6.25. The van der Waals surface area contributed by atoms with E-state index in [-0.39, 0.29) is 18.3 Å². The number of hydrogen-bond donors (Lipinski definition) is 3. The Morgan fingerprint density at radius 2 is 1.97 bits per heavy atom. The minimum absolute atomic E-state index is 0.0536. The molecule has 0 aliphatic carbocycles. The van der Waals surface area contributed by atoms with Crippen molar-refractivity contribution in [3.63, 3.8) is 0 Å². The van der Waals surface area contributed by atoms with Crippen LogP contribution in [0.4, 0.5) is 5.69 Å². The van der Waals surface area contributed by atoms with E-state index in [4.69, 9.17) is 24.9 Å². The number of hydrogen-bond acceptors (Lipinski definition) is 10. The first-order valence-corrected chi connectivity index (χ1v) is 11.8. The number of aliphatic hydroxyl groups excluding tert-OH is 1. The lowest BCUT2D eigenvalue weighted by Crippen LogP contribution is -2.38. The smallest absolute Gasteiger partial charge is 0.283 e. The van der Waals surface area contributed by atoms with Crippen molar-refractivity contribution in [2.24, 2.45) is 10.7 Å². The van der Waals surface area contributed by atoms with Gasteiger partial charge in [-0.1, -0.05) is 13.0 Å². The number of benzene rings is 1. The molecular weight excluding hydrogens is 476 g/mol. The van der Waals surface area contributed by atoms with Crippen LogP contribution in [-0.2, 0) is 10.3 Å². The topological polar surface area (TPSA) is 154 Å². The SMILES string of the molecule is CC/C=C(\CO)c1cc2c(cn1)Oc1ccc(NC(=O)c3cnc(OC)cn3)cc1[C@@]21CCOC(N)=N1. The highest BCUT2D eigenvalue weighted by atomic mass is 16.5. The number of pyridine rings is 1. The van der Waals surface area contributed by atoms with Crippen molar-refractivity contribution in [3.05, 3.63) is 71.4 Å². The molecule has 0 saturated heterocycles. The summed E-state index contributed by atoms with van der Waals surface area (Å²) in [7, 11) is 1.47. The number of aliphatic hydroxyl groups is 1. The van der Waals surface area contributed by atoms with Crippen LogP contribution in [0, 0.1) is 0 Å². The van der Waals surface area contributed by atoms with Gasteiger partial charge in [0.05, 0.1) is 44.6 Å². The molecule has 11 heteroatoms. The quantitative estimate of drug-likeness (QED) is 0.461. The third-order valence-electron chi connectivity index (χ3n) is 6.25. The molecule has 1 spiro atoms. The fraction of sp³-hybridized carbons (Fsp3) is 0.269. The van der Waals surface area contributed by atoms with Crippen LogP contribution in [0.1, 0.15) is 47.1 Å². The molecule has 0 fully saturated rings. The van der Waals surface area contributed by atoms with Gasteiger partial charge < -0.3 is 30.4 Å². The van der Waals surface area contributed by atoms with Gasteiger partial charge in [-0.3, -0.25) is 9.78 Å². The fourth-order valence-electron chi connectivity index (χ4n) is 4.51.